The lowest BCUT2D eigenvalue weighted by atomic mass is 10.0. The molecule has 0 saturated heterocycles. The van der Waals surface area contributed by atoms with Crippen LogP contribution in [0.4, 0.5) is 5.69 Å². The largest absolute Gasteiger partial charge is 0.494 e. The Bertz CT molecular complexity index is 666. The molecule has 1 amide bonds. The SMILES string of the molecule is CCOc1ccc(NC(=O)C[NH+]2CCc3sccc3[C@H]2C)cc1. The Hall–Kier alpha value is -1.85. The summed E-state index contributed by atoms with van der Waals surface area (Å²) < 4.78 is 5.41. The molecule has 0 radical (unpaired) electrons. The highest BCUT2D eigenvalue weighted by molar-refractivity contribution is 7.10. The second-order valence-electron chi connectivity index (χ2n) is 5.86. The highest BCUT2D eigenvalue weighted by Gasteiger charge is 2.29. The van der Waals surface area contributed by atoms with Gasteiger partial charge >= 0.3 is 0 Å². The predicted molar refractivity (Wildman–Crippen MR) is 93.4 cm³/mol. The quantitative estimate of drug-likeness (QED) is 0.883. The van der Waals surface area contributed by atoms with Crippen molar-refractivity contribution >= 4 is 22.9 Å². The second-order valence-corrected chi connectivity index (χ2v) is 6.86. The topological polar surface area (TPSA) is 42.8 Å². The molecule has 122 valence electrons. The van der Waals surface area contributed by atoms with Gasteiger partial charge in [0, 0.05) is 22.5 Å². The number of hydrogen-bond donors (Lipinski definition) is 2. The molecular formula is C18H23N2O2S+. The fraction of sp³-hybridized carbons (Fsp3) is 0.389. The van der Waals surface area contributed by atoms with Crippen LogP contribution in [0.5, 0.6) is 5.75 Å². The number of rotatable bonds is 5. The summed E-state index contributed by atoms with van der Waals surface area (Å²) in [6.45, 7) is 6.34. The normalized spacial score (nSPS) is 19.9. The molecule has 2 heterocycles. The number of ether oxygens (including phenoxy) is 1. The molecule has 5 heteroatoms. The summed E-state index contributed by atoms with van der Waals surface area (Å²) in [5.41, 5.74) is 2.23. The Morgan fingerprint density at radius 1 is 1.35 bits per heavy atom. The van der Waals surface area contributed by atoms with Crippen LogP contribution in [0.1, 0.15) is 30.3 Å². The first-order valence-electron chi connectivity index (χ1n) is 8.11. The zero-order valence-electron chi connectivity index (χ0n) is 13.6. The minimum Gasteiger partial charge on any atom is -0.494 e. The number of hydrogen-bond acceptors (Lipinski definition) is 3. The van der Waals surface area contributed by atoms with Gasteiger partial charge in [-0.15, -0.1) is 11.3 Å². The number of amides is 1. The summed E-state index contributed by atoms with van der Waals surface area (Å²) in [5.74, 6) is 0.889. The molecular weight excluding hydrogens is 308 g/mol. The fourth-order valence-corrected chi connectivity index (χ4v) is 4.08. The van der Waals surface area contributed by atoms with Gasteiger partial charge in [0.15, 0.2) is 6.54 Å². The maximum atomic E-state index is 12.3. The minimum absolute atomic E-state index is 0.0645. The molecule has 1 unspecified atom stereocenters. The molecule has 2 atom stereocenters. The van der Waals surface area contributed by atoms with E-state index in [0.29, 0.717) is 19.2 Å². The summed E-state index contributed by atoms with van der Waals surface area (Å²) >= 11 is 1.83. The third-order valence-corrected chi connectivity index (χ3v) is 5.37. The molecule has 1 aromatic carbocycles. The van der Waals surface area contributed by atoms with Gasteiger partial charge in [-0.25, -0.2) is 0 Å². The van der Waals surface area contributed by atoms with Crippen LogP contribution in [-0.2, 0) is 11.2 Å². The highest BCUT2D eigenvalue weighted by Crippen LogP contribution is 2.24. The van der Waals surface area contributed by atoms with E-state index in [4.69, 9.17) is 4.74 Å². The average Bonchev–Trinajstić information content (AvgIpc) is 3.02. The smallest absolute Gasteiger partial charge is 0.279 e. The molecule has 23 heavy (non-hydrogen) atoms. The number of fused-ring (bicyclic) bond motifs is 1. The number of nitrogens with one attached hydrogen (secondary N) is 2. The third-order valence-electron chi connectivity index (χ3n) is 4.37. The van der Waals surface area contributed by atoms with E-state index in [-0.39, 0.29) is 5.91 Å². The summed E-state index contributed by atoms with van der Waals surface area (Å²) in [4.78, 5) is 15.1. The van der Waals surface area contributed by atoms with Crippen molar-refractivity contribution in [3.8, 4) is 5.75 Å². The van der Waals surface area contributed by atoms with Gasteiger partial charge in [0.25, 0.3) is 5.91 Å². The van der Waals surface area contributed by atoms with E-state index < -0.39 is 0 Å². The van der Waals surface area contributed by atoms with E-state index in [1.54, 1.807) is 0 Å². The summed E-state index contributed by atoms with van der Waals surface area (Å²) in [7, 11) is 0. The van der Waals surface area contributed by atoms with E-state index in [0.717, 1.165) is 24.4 Å². The summed E-state index contributed by atoms with van der Waals surface area (Å²) in [5, 5.41) is 5.14. The van der Waals surface area contributed by atoms with Gasteiger partial charge < -0.3 is 15.0 Å². The molecule has 1 aliphatic rings. The van der Waals surface area contributed by atoms with Gasteiger partial charge in [-0.3, -0.25) is 4.79 Å². The standard InChI is InChI=1S/C18H22N2O2S/c1-3-22-15-6-4-14(5-7-15)19-18(21)12-20-10-8-17-16(13(20)2)9-11-23-17/h4-7,9,11,13H,3,8,10,12H2,1-2H3,(H,19,21)/p+1/t13-/m1/s1. The van der Waals surface area contributed by atoms with Crippen LogP contribution in [-0.4, -0.2) is 25.6 Å². The van der Waals surface area contributed by atoms with Gasteiger partial charge in [-0.1, -0.05) is 0 Å². The van der Waals surface area contributed by atoms with Crippen LogP contribution in [0.3, 0.4) is 0 Å². The van der Waals surface area contributed by atoms with Gasteiger partial charge in [0.2, 0.25) is 0 Å². The molecule has 0 saturated carbocycles. The molecule has 0 aliphatic carbocycles. The number of carbonyl (C=O) groups excluding carboxylic acids is 1. The zero-order valence-corrected chi connectivity index (χ0v) is 14.4. The highest BCUT2D eigenvalue weighted by atomic mass is 32.1. The number of anilines is 1. The lowest BCUT2D eigenvalue weighted by Crippen LogP contribution is -3.14. The third kappa shape index (κ3) is 3.74. The maximum Gasteiger partial charge on any atom is 0.279 e. The van der Waals surface area contributed by atoms with Gasteiger partial charge in [-0.2, -0.15) is 0 Å². The predicted octanol–water partition coefficient (Wildman–Crippen LogP) is 2.29. The van der Waals surface area contributed by atoms with E-state index in [9.17, 15) is 4.79 Å². The van der Waals surface area contributed by atoms with Crippen LogP contribution in [0.15, 0.2) is 35.7 Å². The van der Waals surface area contributed by atoms with Crippen molar-refractivity contribution in [2.24, 2.45) is 0 Å². The van der Waals surface area contributed by atoms with Gasteiger partial charge in [-0.05, 0) is 49.6 Å². The van der Waals surface area contributed by atoms with Gasteiger partial charge in [0.05, 0.1) is 13.2 Å². The zero-order chi connectivity index (χ0) is 16.2. The van der Waals surface area contributed by atoms with E-state index in [1.165, 1.54) is 15.3 Å². The van der Waals surface area contributed by atoms with E-state index >= 15 is 0 Å². The maximum absolute atomic E-state index is 12.3. The number of quaternary nitrogens is 1. The van der Waals surface area contributed by atoms with Crippen LogP contribution < -0.4 is 15.0 Å². The van der Waals surface area contributed by atoms with Crippen molar-refractivity contribution in [1.29, 1.82) is 0 Å². The number of carbonyl (C=O) groups is 1. The van der Waals surface area contributed by atoms with Crippen molar-refractivity contribution in [3.63, 3.8) is 0 Å². The van der Waals surface area contributed by atoms with Crippen molar-refractivity contribution in [3.05, 3.63) is 46.2 Å². The monoisotopic (exact) mass is 331 g/mol. The summed E-state index contributed by atoms with van der Waals surface area (Å²) in [6.07, 6.45) is 1.07. The van der Waals surface area contributed by atoms with Crippen LogP contribution in [0.25, 0.3) is 0 Å². The first-order valence-corrected chi connectivity index (χ1v) is 8.99. The molecule has 0 spiro atoms. The second kappa shape index (κ2) is 7.15. The van der Waals surface area contributed by atoms with Crippen molar-refractivity contribution in [2.45, 2.75) is 26.3 Å². The van der Waals surface area contributed by atoms with Gasteiger partial charge in [0.1, 0.15) is 11.8 Å². The van der Waals surface area contributed by atoms with E-state index in [1.807, 2.05) is 42.5 Å². The Morgan fingerprint density at radius 3 is 2.87 bits per heavy atom. The van der Waals surface area contributed by atoms with Crippen LogP contribution >= 0.6 is 11.3 Å². The lowest BCUT2D eigenvalue weighted by molar-refractivity contribution is -0.923. The molecule has 1 aromatic heterocycles. The average molecular weight is 331 g/mol. The lowest BCUT2D eigenvalue weighted by Gasteiger charge is -2.29. The molecule has 0 bridgehead atoms. The summed E-state index contributed by atoms with van der Waals surface area (Å²) in [6, 6.07) is 10.1. The Kier molecular flexibility index (Phi) is 4.98. The molecule has 2 N–H and O–H groups in total. The Labute approximate surface area is 141 Å². The number of thiophene rings is 1. The Balaban J connectivity index is 1.57. The molecule has 1 aliphatic heterocycles. The van der Waals surface area contributed by atoms with Crippen LogP contribution in [0, 0.1) is 0 Å². The van der Waals surface area contributed by atoms with E-state index in [2.05, 4.69) is 23.7 Å². The van der Waals surface area contributed by atoms with Crippen molar-refractivity contribution in [2.75, 3.05) is 25.0 Å². The molecule has 2 aromatic rings. The molecule has 0 fully saturated rings. The minimum atomic E-state index is 0.0645. The molecule has 4 nitrogen and oxygen atoms in total. The first-order chi connectivity index (χ1) is 11.2. The number of benzene rings is 1. The Morgan fingerprint density at radius 2 is 2.13 bits per heavy atom. The van der Waals surface area contributed by atoms with Crippen molar-refractivity contribution < 1.29 is 14.4 Å². The first kappa shape index (κ1) is 16.0. The molecule has 3 rings (SSSR count). The fourth-order valence-electron chi connectivity index (χ4n) is 3.10. The van der Waals surface area contributed by atoms with Crippen LogP contribution in [0.2, 0.25) is 0 Å². The van der Waals surface area contributed by atoms with Crippen molar-refractivity contribution in [1.82, 2.24) is 0 Å².